The van der Waals surface area contributed by atoms with Gasteiger partial charge in [0.1, 0.15) is 23.9 Å². The molecule has 0 bridgehead atoms. The minimum Gasteiger partial charge on any atom is -0.465 e. The van der Waals surface area contributed by atoms with E-state index in [4.69, 9.17) is 9.52 Å². The molecule has 158 valence electrons. The van der Waals surface area contributed by atoms with Gasteiger partial charge in [-0.25, -0.2) is 18.6 Å². The van der Waals surface area contributed by atoms with E-state index in [1.165, 1.54) is 4.90 Å². The van der Waals surface area contributed by atoms with Gasteiger partial charge in [0.2, 0.25) is 0 Å². The van der Waals surface area contributed by atoms with Gasteiger partial charge in [0, 0.05) is 25.1 Å². The molecular formula is C18H17F5N2O4. The lowest BCUT2D eigenvalue weighted by atomic mass is 9.97. The van der Waals surface area contributed by atoms with Gasteiger partial charge in [0.05, 0.1) is 12.2 Å². The Bertz CT molecular complexity index is 876. The Morgan fingerprint density at radius 3 is 2.55 bits per heavy atom. The van der Waals surface area contributed by atoms with E-state index in [-0.39, 0.29) is 41.9 Å². The standard InChI is InChI=1S/C18H17F5N2O4/c19-11-1-2-12(13(20)7-11)15-14(8-28-9-18(21,22)23)24-16(29-15)10-3-5-25(6-4-10)17(26)27/h1-2,7,10H,3-6,8-9H2,(H,26,27). The third kappa shape index (κ3) is 5.22. The zero-order valence-electron chi connectivity index (χ0n) is 15.0. The highest BCUT2D eigenvalue weighted by Crippen LogP contribution is 2.34. The third-order valence-electron chi connectivity index (χ3n) is 4.51. The molecule has 1 fully saturated rings. The zero-order chi connectivity index (χ0) is 21.2. The second kappa shape index (κ2) is 8.36. The number of amides is 1. The lowest BCUT2D eigenvalue weighted by Crippen LogP contribution is -2.36. The van der Waals surface area contributed by atoms with Crippen LogP contribution in [0.15, 0.2) is 22.6 Å². The van der Waals surface area contributed by atoms with Crippen LogP contribution in [0.1, 0.15) is 30.3 Å². The number of carboxylic acid groups (broad SMARTS) is 1. The summed E-state index contributed by atoms with van der Waals surface area (Å²) in [5.41, 5.74) is -0.200. The molecule has 0 atom stereocenters. The summed E-state index contributed by atoms with van der Waals surface area (Å²) in [4.78, 5) is 16.4. The van der Waals surface area contributed by atoms with Crippen LogP contribution in [0, 0.1) is 11.6 Å². The fraction of sp³-hybridized carbons (Fsp3) is 0.444. The molecule has 1 aliphatic heterocycles. The lowest BCUT2D eigenvalue weighted by molar-refractivity contribution is -0.176. The summed E-state index contributed by atoms with van der Waals surface area (Å²) in [7, 11) is 0. The number of rotatable bonds is 5. The van der Waals surface area contributed by atoms with Crippen LogP contribution in [0.25, 0.3) is 11.3 Å². The molecule has 1 saturated heterocycles. The summed E-state index contributed by atoms with van der Waals surface area (Å²) in [5.74, 6) is -2.05. The first-order valence-electron chi connectivity index (χ1n) is 8.71. The number of hydrogen-bond donors (Lipinski definition) is 1. The number of likely N-dealkylation sites (tertiary alicyclic amines) is 1. The maximum absolute atomic E-state index is 14.2. The second-order valence-corrected chi connectivity index (χ2v) is 6.60. The number of oxazole rings is 1. The summed E-state index contributed by atoms with van der Waals surface area (Å²) >= 11 is 0. The molecule has 0 radical (unpaired) electrons. The van der Waals surface area contributed by atoms with Crippen LogP contribution in [0.2, 0.25) is 0 Å². The molecule has 0 aliphatic carbocycles. The molecule has 0 unspecified atom stereocenters. The molecule has 3 rings (SSSR count). The van der Waals surface area contributed by atoms with Crippen LogP contribution >= 0.6 is 0 Å². The van der Waals surface area contributed by atoms with E-state index < -0.39 is 37.1 Å². The molecule has 2 heterocycles. The maximum atomic E-state index is 14.2. The van der Waals surface area contributed by atoms with Crippen molar-refractivity contribution in [3.8, 4) is 11.3 Å². The third-order valence-corrected chi connectivity index (χ3v) is 4.51. The number of piperidine rings is 1. The van der Waals surface area contributed by atoms with Crippen LogP contribution in [0.5, 0.6) is 0 Å². The Kier molecular flexibility index (Phi) is 6.06. The number of halogens is 5. The Morgan fingerprint density at radius 1 is 1.28 bits per heavy atom. The van der Waals surface area contributed by atoms with E-state index in [0.717, 1.165) is 12.1 Å². The van der Waals surface area contributed by atoms with Gasteiger partial charge in [-0.05, 0) is 25.0 Å². The van der Waals surface area contributed by atoms with Crippen LogP contribution in [0.3, 0.4) is 0 Å². The minimum atomic E-state index is -4.54. The van der Waals surface area contributed by atoms with Gasteiger partial charge in [0.15, 0.2) is 11.7 Å². The van der Waals surface area contributed by atoms with E-state index in [1.807, 2.05) is 0 Å². The van der Waals surface area contributed by atoms with Crippen molar-refractivity contribution < 1.29 is 41.0 Å². The SMILES string of the molecule is O=C(O)N1CCC(c2nc(COCC(F)(F)F)c(-c3ccc(F)cc3F)o2)CC1. The van der Waals surface area contributed by atoms with Gasteiger partial charge in [-0.15, -0.1) is 0 Å². The quantitative estimate of drug-likeness (QED) is 0.718. The van der Waals surface area contributed by atoms with Crippen LogP contribution < -0.4 is 0 Å². The highest BCUT2D eigenvalue weighted by Gasteiger charge is 2.31. The number of hydrogen-bond acceptors (Lipinski definition) is 4. The minimum absolute atomic E-state index is 0.0459. The molecule has 1 aromatic heterocycles. The Hall–Kier alpha value is -2.69. The molecule has 1 aromatic carbocycles. The fourth-order valence-corrected chi connectivity index (χ4v) is 3.11. The van der Waals surface area contributed by atoms with Crippen molar-refractivity contribution in [3.05, 3.63) is 41.4 Å². The average Bonchev–Trinajstić information content (AvgIpc) is 3.04. The molecule has 29 heavy (non-hydrogen) atoms. The van der Waals surface area contributed by atoms with Gasteiger partial charge in [0.25, 0.3) is 0 Å². The van der Waals surface area contributed by atoms with Crippen molar-refractivity contribution >= 4 is 6.09 Å². The predicted molar refractivity (Wildman–Crippen MR) is 89.1 cm³/mol. The number of alkyl halides is 3. The summed E-state index contributed by atoms with van der Waals surface area (Å²) in [6.45, 7) is -1.62. The zero-order valence-corrected chi connectivity index (χ0v) is 15.0. The molecular weight excluding hydrogens is 403 g/mol. The van der Waals surface area contributed by atoms with Crippen LogP contribution in [-0.4, -0.2) is 47.0 Å². The number of nitrogens with zero attached hydrogens (tertiary/aromatic N) is 2. The van der Waals surface area contributed by atoms with Crippen molar-refractivity contribution in [2.45, 2.75) is 31.5 Å². The summed E-state index contributed by atoms with van der Waals surface area (Å²) < 4.78 is 74.8. The topological polar surface area (TPSA) is 75.8 Å². The van der Waals surface area contributed by atoms with E-state index in [2.05, 4.69) is 9.72 Å². The maximum Gasteiger partial charge on any atom is 0.411 e. The molecule has 11 heteroatoms. The van der Waals surface area contributed by atoms with Gasteiger partial charge in [-0.2, -0.15) is 13.2 Å². The highest BCUT2D eigenvalue weighted by molar-refractivity contribution is 5.65. The molecule has 1 N–H and O–H groups in total. The van der Waals surface area contributed by atoms with E-state index in [1.54, 1.807) is 0 Å². The highest BCUT2D eigenvalue weighted by atomic mass is 19.4. The first kappa shape index (κ1) is 21.0. The van der Waals surface area contributed by atoms with Crippen molar-refractivity contribution in [3.63, 3.8) is 0 Å². The largest absolute Gasteiger partial charge is 0.465 e. The lowest BCUT2D eigenvalue weighted by Gasteiger charge is -2.28. The van der Waals surface area contributed by atoms with Crippen molar-refractivity contribution in [2.24, 2.45) is 0 Å². The summed E-state index contributed by atoms with van der Waals surface area (Å²) in [5, 5.41) is 9.01. The second-order valence-electron chi connectivity index (χ2n) is 6.60. The molecule has 0 saturated carbocycles. The van der Waals surface area contributed by atoms with E-state index in [0.29, 0.717) is 18.9 Å². The van der Waals surface area contributed by atoms with Crippen LogP contribution in [0.4, 0.5) is 26.7 Å². The average molecular weight is 420 g/mol. The molecule has 0 spiro atoms. The Balaban J connectivity index is 1.86. The first-order valence-corrected chi connectivity index (χ1v) is 8.71. The van der Waals surface area contributed by atoms with Gasteiger partial charge < -0.3 is 19.2 Å². The Labute approximate surface area is 161 Å². The van der Waals surface area contributed by atoms with Crippen molar-refractivity contribution in [2.75, 3.05) is 19.7 Å². The first-order chi connectivity index (χ1) is 13.6. The number of carbonyl (C=O) groups is 1. The molecule has 1 amide bonds. The number of aromatic nitrogens is 1. The van der Waals surface area contributed by atoms with Gasteiger partial charge in [-0.1, -0.05) is 0 Å². The smallest absolute Gasteiger partial charge is 0.411 e. The van der Waals surface area contributed by atoms with Crippen LogP contribution in [-0.2, 0) is 11.3 Å². The van der Waals surface area contributed by atoms with Gasteiger partial charge in [-0.3, -0.25) is 0 Å². The number of benzene rings is 1. The fourth-order valence-electron chi connectivity index (χ4n) is 3.11. The van der Waals surface area contributed by atoms with Crippen molar-refractivity contribution in [1.82, 2.24) is 9.88 Å². The Morgan fingerprint density at radius 2 is 1.97 bits per heavy atom. The normalized spacial score (nSPS) is 15.7. The summed E-state index contributed by atoms with van der Waals surface area (Å²) in [6.07, 6.45) is -4.81. The molecule has 2 aromatic rings. The summed E-state index contributed by atoms with van der Waals surface area (Å²) in [6, 6.07) is 2.73. The van der Waals surface area contributed by atoms with E-state index >= 15 is 0 Å². The monoisotopic (exact) mass is 420 g/mol. The number of ether oxygens (including phenoxy) is 1. The predicted octanol–water partition coefficient (Wildman–Crippen LogP) is 4.56. The van der Waals surface area contributed by atoms with E-state index in [9.17, 15) is 26.7 Å². The molecule has 1 aliphatic rings. The van der Waals surface area contributed by atoms with Gasteiger partial charge >= 0.3 is 12.3 Å². The molecule has 6 nitrogen and oxygen atoms in total. The van der Waals surface area contributed by atoms with Crippen molar-refractivity contribution in [1.29, 1.82) is 0 Å².